The number of nitrogens with zero attached hydrogens (tertiary/aromatic N) is 1. The minimum absolute atomic E-state index is 0.0275. The first-order valence-corrected chi connectivity index (χ1v) is 8.56. The van der Waals surface area contributed by atoms with Crippen LogP contribution < -0.4 is 5.32 Å². The second-order valence-corrected chi connectivity index (χ2v) is 6.54. The molecule has 142 valence electrons. The van der Waals surface area contributed by atoms with E-state index in [9.17, 15) is 19.7 Å². The van der Waals surface area contributed by atoms with Gasteiger partial charge in [-0.1, -0.05) is 32.0 Å². The summed E-state index contributed by atoms with van der Waals surface area (Å²) >= 11 is 0. The van der Waals surface area contributed by atoms with Gasteiger partial charge in [0.25, 0.3) is 11.6 Å². The number of rotatable bonds is 7. The smallest absolute Gasteiger partial charge is 0.329 e. The number of aryl methyl sites for hydroxylation is 1. The van der Waals surface area contributed by atoms with Crippen molar-refractivity contribution in [3.63, 3.8) is 0 Å². The van der Waals surface area contributed by atoms with Crippen molar-refractivity contribution in [2.75, 3.05) is 0 Å². The Morgan fingerprint density at radius 1 is 1.11 bits per heavy atom. The second-order valence-electron chi connectivity index (χ2n) is 6.54. The van der Waals surface area contributed by atoms with Crippen molar-refractivity contribution in [3.05, 3.63) is 75.3 Å². The van der Waals surface area contributed by atoms with E-state index < -0.39 is 16.9 Å². The number of hydrogen-bond donors (Lipinski definition) is 1. The SMILES string of the molecule is Cc1ccccc1C(=O)N[C@H](C(=O)OCc1ccc([N+](=O)[O-])cc1)C(C)C. The molecule has 0 saturated heterocycles. The number of ether oxygens (including phenoxy) is 1. The number of nitro benzene ring substituents is 1. The van der Waals surface area contributed by atoms with Crippen molar-refractivity contribution in [1.82, 2.24) is 5.32 Å². The van der Waals surface area contributed by atoms with Crippen LogP contribution in [-0.2, 0) is 16.1 Å². The van der Waals surface area contributed by atoms with Gasteiger partial charge in [-0.15, -0.1) is 0 Å². The summed E-state index contributed by atoms with van der Waals surface area (Å²) in [5.41, 5.74) is 1.92. The van der Waals surface area contributed by atoms with E-state index in [1.54, 1.807) is 12.1 Å². The van der Waals surface area contributed by atoms with Gasteiger partial charge in [-0.25, -0.2) is 4.79 Å². The third-order valence-corrected chi connectivity index (χ3v) is 4.13. The summed E-state index contributed by atoms with van der Waals surface area (Å²) in [6.45, 7) is 5.43. The first-order chi connectivity index (χ1) is 12.8. The molecular formula is C20H22N2O5. The van der Waals surface area contributed by atoms with E-state index in [1.165, 1.54) is 24.3 Å². The molecule has 2 rings (SSSR count). The van der Waals surface area contributed by atoms with Crippen LogP contribution in [0.2, 0.25) is 0 Å². The molecule has 0 aliphatic carbocycles. The maximum Gasteiger partial charge on any atom is 0.329 e. The van der Waals surface area contributed by atoms with E-state index in [1.807, 2.05) is 32.9 Å². The van der Waals surface area contributed by atoms with Crippen LogP contribution in [-0.4, -0.2) is 22.8 Å². The molecule has 0 heterocycles. The lowest BCUT2D eigenvalue weighted by Gasteiger charge is -2.21. The maximum atomic E-state index is 12.5. The molecule has 0 radical (unpaired) electrons. The molecule has 1 amide bonds. The van der Waals surface area contributed by atoms with Crippen LogP contribution in [0.5, 0.6) is 0 Å². The van der Waals surface area contributed by atoms with E-state index in [4.69, 9.17) is 4.74 Å². The lowest BCUT2D eigenvalue weighted by atomic mass is 10.0. The van der Waals surface area contributed by atoms with E-state index in [-0.39, 0.29) is 24.1 Å². The molecule has 0 saturated carbocycles. The van der Waals surface area contributed by atoms with Crippen LogP contribution in [0.4, 0.5) is 5.69 Å². The first kappa shape index (κ1) is 20.1. The third-order valence-electron chi connectivity index (χ3n) is 4.13. The summed E-state index contributed by atoms with van der Waals surface area (Å²) in [5.74, 6) is -1.05. The molecule has 0 spiro atoms. The van der Waals surface area contributed by atoms with Crippen molar-refractivity contribution < 1.29 is 19.2 Å². The summed E-state index contributed by atoms with van der Waals surface area (Å²) in [4.78, 5) is 35.1. The van der Waals surface area contributed by atoms with Crippen LogP contribution in [0.25, 0.3) is 0 Å². The molecule has 27 heavy (non-hydrogen) atoms. The Bertz CT molecular complexity index is 831. The molecule has 7 heteroatoms. The molecule has 0 fully saturated rings. The Morgan fingerprint density at radius 2 is 1.74 bits per heavy atom. The second kappa shape index (κ2) is 8.93. The summed E-state index contributed by atoms with van der Waals surface area (Å²) in [6.07, 6.45) is 0. The van der Waals surface area contributed by atoms with Gasteiger partial charge in [0.1, 0.15) is 12.6 Å². The standard InChI is InChI=1S/C20H22N2O5/c1-13(2)18(21-19(23)17-7-5-4-6-14(17)3)20(24)27-12-15-8-10-16(11-9-15)22(25)26/h4-11,13,18H,12H2,1-3H3,(H,21,23)/t18-/m0/s1. The number of amides is 1. The molecular weight excluding hydrogens is 348 g/mol. The molecule has 0 bridgehead atoms. The fraction of sp³-hybridized carbons (Fsp3) is 0.300. The first-order valence-electron chi connectivity index (χ1n) is 8.56. The number of nitro groups is 1. The largest absolute Gasteiger partial charge is 0.459 e. The lowest BCUT2D eigenvalue weighted by molar-refractivity contribution is -0.384. The van der Waals surface area contributed by atoms with Crippen molar-refractivity contribution >= 4 is 17.6 Å². The number of hydrogen-bond acceptors (Lipinski definition) is 5. The summed E-state index contributed by atoms with van der Waals surface area (Å²) < 4.78 is 5.30. The van der Waals surface area contributed by atoms with Crippen molar-refractivity contribution in [2.24, 2.45) is 5.92 Å². The van der Waals surface area contributed by atoms with Crippen LogP contribution in [0.3, 0.4) is 0 Å². The van der Waals surface area contributed by atoms with E-state index in [0.29, 0.717) is 11.1 Å². The highest BCUT2D eigenvalue weighted by Crippen LogP contribution is 2.14. The van der Waals surface area contributed by atoms with E-state index in [2.05, 4.69) is 5.32 Å². The molecule has 0 aliphatic heterocycles. The van der Waals surface area contributed by atoms with Gasteiger partial charge >= 0.3 is 5.97 Å². The monoisotopic (exact) mass is 370 g/mol. The number of benzene rings is 2. The predicted molar refractivity (Wildman–Crippen MR) is 100 cm³/mol. The van der Waals surface area contributed by atoms with E-state index >= 15 is 0 Å². The number of carbonyl (C=O) groups excluding carboxylic acids is 2. The molecule has 1 atom stereocenters. The van der Waals surface area contributed by atoms with Crippen LogP contribution in [0.15, 0.2) is 48.5 Å². The highest BCUT2D eigenvalue weighted by atomic mass is 16.6. The fourth-order valence-corrected chi connectivity index (χ4v) is 2.50. The van der Waals surface area contributed by atoms with Gasteiger partial charge in [0.05, 0.1) is 4.92 Å². The highest BCUT2D eigenvalue weighted by Gasteiger charge is 2.26. The molecule has 0 aliphatic rings. The zero-order valence-corrected chi connectivity index (χ0v) is 15.5. The van der Waals surface area contributed by atoms with Crippen molar-refractivity contribution in [2.45, 2.75) is 33.4 Å². The average molecular weight is 370 g/mol. The quantitative estimate of drug-likeness (QED) is 0.457. The minimum atomic E-state index is -0.796. The Kier molecular flexibility index (Phi) is 6.65. The Morgan fingerprint density at radius 3 is 2.30 bits per heavy atom. The van der Waals surface area contributed by atoms with Crippen LogP contribution >= 0.6 is 0 Å². The summed E-state index contributed by atoms with van der Waals surface area (Å²) in [7, 11) is 0. The van der Waals surface area contributed by atoms with Crippen molar-refractivity contribution in [1.29, 1.82) is 0 Å². The van der Waals surface area contributed by atoms with Gasteiger partial charge in [-0.3, -0.25) is 14.9 Å². The number of nitrogens with one attached hydrogen (secondary N) is 1. The van der Waals surface area contributed by atoms with Gasteiger partial charge in [0, 0.05) is 17.7 Å². The zero-order valence-electron chi connectivity index (χ0n) is 15.5. The van der Waals surface area contributed by atoms with Crippen LogP contribution in [0.1, 0.15) is 35.3 Å². The number of non-ortho nitro benzene ring substituents is 1. The normalized spacial score (nSPS) is 11.7. The molecule has 0 unspecified atom stereocenters. The Labute approximate surface area is 157 Å². The highest BCUT2D eigenvalue weighted by molar-refractivity contribution is 5.98. The molecule has 1 N–H and O–H groups in total. The Hall–Kier alpha value is -3.22. The Balaban J connectivity index is 2.01. The fourth-order valence-electron chi connectivity index (χ4n) is 2.50. The topological polar surface area (TPSA) is 98.5 Å². The van der Waals surface area contributed by atoms with Gasteiger partial charge in [-0.05, 0) is 42.2 Å². The lowest BCUT2D eigenvalue weighted by Crippen LogP contribution is -2.45. The van der Waals surface area contributed by atoms with Gasteiger partial charge in [0.15, 0.2) is 0 Å². The molecule has 2 aromatic carbocycles. The van der Waals surface area contributed by atoms with Gasteiger partial charge < -0.3 is 10.1 Å². The summed E-state index contributed by atoms with van der Waals surface area (Å²) in [6, 6.07) is 12.1. The number of esters is 1. The molecule has 0 aromatic heterocycles. The maximum absolute atomic E-state index is 12.5. The van der Waals surface area contributed by atoms with Crippen LogP contribution in [0, 0.1) is 23.0 Å². The minimum Gasteiger partial charge on any atom is -0.459 e. The van der Waals surface area contributed by atoms with Crippen molar-refractivity contribution in [3.8, 4) is 0 Å². The zero-order chi connectivity index (χ0) is 20.0. The number of carbonyl (C=O) groups is 2. The summed E-state index contributed by atoms with van der Waals surface area (Å²) in [5, 5.41) is 13.4. The molecule has 2 aromatic rings. The third kappa shape index (κ3) is 5.37. The predicted octanol–water partition coefficient (Wildman–Crippen LogP) is 3.40. The van der Waals surface area contributed by atoms with Gasteiger partial charge in [0.2, 0.25) is 0 Å². The van der Waals surface area contributed by atoms with Gasteiger partial charge in [-0.2, -0.15) is 0 Å². The molecule has 7 nitrogen and oxygen atoms in total. The van der Waals surface area contributed by atoms with E-state index in [0.717, 1.165) is 5.56 Å². The average Bonchev–Trinajstić information content (AvgIpc) is 2.64.